The Kier molecular flexibility index (Phi) is 6.68. The third-order valence-corrected chi connectivity index (χ3v) is 4.90. The Bertz CT molecular complexity index is 1260. The predicted octanol–water partition coefficient (Wildman–Crippen LogP) is 6.95. The van der Waals surface area contributed by atoms with Crippen molar-refractivity contribution in [2.45, 2.75) is 6.18 Å². The van der Waals surface area contributed by atoms with E-state index in [0.717, 1.165) is 28.8 Å². The second-order valence-corrected chi connectivity index (χ2v) is 7.40. The Labute approximate surface area is 194 Å². The Balaban J connectivity index is 1.37. The molecule has 5 nitrogen and oxygen atoms in total. The molecule has 0 bridgehead atoms. The van der Waals surface area contributed by atoms with Crippen LogP contribution in [0.5, 0.6) is 0 Å². The average Bonchev–Trinajstić information content (AvgIpc) is 2.83. The maximum Gasteiger partial charge on any atom is 0.418 e. The maximum absolute atomic E-state index is 13.1. The smallest absolute Gasteiger partial charge is 0.355 e. The van der Waals surface area contributed by atoms with Crippen LogP contribution in [0.25, 0.3) is 0 Å². The molecule has 0 saturated carbocycles. The van der Waals surface area contributed by atoms with Gasteiger partial charge in [0.05, 0.1) is 11.3 Å². The second kappa shape index (κ2) is 9.99. The SMILES string of the molecule is O=C(NNc1ccccc1C(F)(F)F)c1ccc(Nc2cccc(Nc3ccccc3)c2)cc1. The predicted molar refractivity (Wildman–Crippen MR) is 128 cm³/mol. The number of amides is 1. The lowest BCUT2D eigenvalue weighted by molar-refractivity contribution is -0.137. The molecule has 4 aromatic carbocycles. The highest BCUT2D eigenvalue weighted by Crippen LogP contribution is 2.34. The number of anilines is 5. The molecule has 0 heterocycles. The Morgan fingerprint density at radius 3 is 1.82 bits per heavy atom. The summed E-state index contributed by atoms with van der Waals surface area (Å²) in [6.07, 6.45) is -4.53. The summed E-state index contributed by atoms with van der Waals surface area (Å²) in [4.78, 5) is 12.4. The highest BCUT2D eigenvalue weighted by Gasteiger charge is 2.33. The monoisotopic (exact) mass is 462 g/mol. The standard InChI is InChI=1S/C26H21F3N4O/c27-26(28,29)23-11-4-5-12-24(23)32-33-25(34)18-13-15-20(16-14-18)31-22-10-6-9-21(17-22)30-19-7-2-1-3-8-19/h1-17,30-32H,(H,33,34). The van der Waals surface area contributed by atoms with Gasteiger partial charge in [-0.2, -0.15) is 13.2 Å². The average molecular weight is 462 g/mol. The maximum atomic E-state index is 13.1. The molecule has 0 saturated heterocycles. The van der Waals surface area contributed by atoms with E-state index >= 15 is 0 Å². The van der Waals surface area contributed by atoms with Gasteiger partial charge in [0.15, 0.2) is 0 Å². The van der Waals surface area contributed by atoms with Gasteiger partial charge < -0.3 is 10.6 Å². The minimum atomic E-state index is -4.53. The summed E-state index contributed by atoms with van der Waals surface area (Å²) in [5.74, 6) is -0.558. The fourth-order valence-electron chi connectivity index (χ4n) is 3.27. The van der Waals surface area contributed by atoms with Crippen molar-refractivity contribution in [1.82, 2.24) is 5.43 Å². The molecule has 0 aliphatic carbocycles. The van der Waals surface area contributed by atoms with Crippen LogP contribution in [-0.4, -0.2) is 5.91 Å². The van der Waals surface area contributed by atoms with E-state index < -0.39 is 17.6 Å². The summed E-state index contributed by atoms with van der Waals surface area (Å²) < 4.78 is 39.3. The van der Waals surface area contributed by atoms with E-state index in [2.05, 4.69) is 21.5 Å². The van der Waals surface area contributed by atoms with Crippen molar-refractivity contribution in [3.63, 3.8) is 0 Å². The van der Waals surface area contributed by atoms with Gasteiger partial charge in [0, 0.05) is 28.3 Å². The number of benzene rings is 4. The topological polar surface area (TPSA) is 65.2 Å². The molecule has 172 valence electrons. The van der Waals surface area contributed by atoms with Crippen LogP contribution >= 0.6 is 0 Å². The summed E-state index contributed by atoms with van der Waals surface area (Å²) in [5.41, 5.74) is 7.36. The lowest BCUT2D eigenvalue weighted by atomic mass is 10.1. The Morgan fingerprint density at radius 2 is 1.18 bits per heavy atom. The van der Waals surface area contributed by atoms with E-state index in [1.807, 2.05) is 54.6 Å². The van der Waals surface area contributed by atoms with Gasteiger partial charge in [0.25, 0.3) is 5.91 Å². The number of rotatable bonds is 7. The van der Waals surface area contributed by atoms with Gasteiger partial charge in [-0.15, -0.1) is 0 Å². The molecular weight excluding hydrogens is 441 g/mol. The number of nitrogens with one attached hydrogen (secondary N) is 4. The number of halogens is 3. The number of hydrogen-bond acceptors (Lipinski definition) is 4. The number of alkyl halides is 3. The van der Waals surface area contributed by atoms with Crippen molar-refractivity contribution in [3.8, 4) is 0 Å². The van der Waals surface area contributed by atoms with E-state index in [1.54, 1.807) is 24.3 Å². The van der Waals surface area contributed by atoms with Crippen LogP contribution in [0, 0.1) is 0 Å². The molecule has 0 radical (unpaired) electrons. The molecule has 0 fully saturated rings. The zero-order chi connectivity index (χ0) is 24.0. The fraction of sp³-hybridized carbons (Fsp3) is 0.0385. The van der Waals surface area contributed by atoms with Crippen LogP contribution in [0.15, 0.2) is 103 Å². The third kappa shape index (κ3) is 5.86. The zero-order valence-electron chi connectivity index (χ0n) is 17.9. The van der Waals surface area contributed by atoms with E-state index in [4.69, 9.17) is 0 Å². The van der Waals surface area contributed by atoms with Crippen molar-refractivity contribution in [2.75, 3.05) is 16.1 Å². The molecule has 4 rings (SSSR count). The number of para-hydroxylation sites is 2. The summed E-state index contributed by atoms with van der Waals surface area (Å²) in [6, 6.07) is 29.1. The molecule has 4 N–H and O–H groups in total. The van der Waals surface area contributed by atoms with Crippen LogP contribution in [-0.2, 0) is 6.18 Å². The third-order valence-electron chi connectivity index (χ3n) is 4.90. The molecule has 0 aliphatic heterocycles. The summed E-state index contributed by atoms with van der Waals surface area (Å²) in [6.45, 7) is 0. The number of hydrogen-bond donors (Lipinski definition) is 4. The van der Waals surface area contributed by atoms with Gasteiger partial charge in [0.1, 0.15) is 0 Å². The van der Waals surface area contributed by atoms with E-state index in [9.17, 15) is 18.0 Å². The van der Waals surface area contributed by atoms with Crippen molar-refractivity contribution in [3.05, 3.63) is 114 Å². The van der Waals surface area contributed by atoms with Gasteiger partial charge in [-0.05, 0) is 66.7 Å². The molecule has 0 aliphatic rings. The molecule has 0 spiro atoms. The van der Waals surface area contributed by atoms with Crippen molar-refractivity contribution < 1.29 is 18.0 Å². The molecule has 0 atom stereocenters. The quantitative estimate of drug-likeness (QED) is 0.225. The van der Waals surface area contributed by atoms with Crippen molar-refractivity contribution >= 4 is 34.3 Å². The summed E-state index contributed by atoms with van der Waals surface area (Å²) in [7, 11) is 0. The molecule has 4 aromatic rings. The first-order chi connectivity index (χ1) is 16.4. The summed E-state index contributed by atoms with van der Waals surface area (Å²) in [5, 5.41) is 6.59. The van der Waals surface area contributed by atoms with Crippen LogP contribution in [0.1, 0.15) is 15.9 Å². The molecular formula is C26H21F3N4O. The van der Waals surface area contributed by atoms with Crippen LogP contribution in [0.4, 0.5) is 41.6 Å². The number of carbonyl (C=O) groups excluding carboxylic acids is 1. The van der Waals surface area contributed by atoms with Crippen LogP contribution in [0.3, 0.4) is 0 Å². The molecule has 1 amide bonds. The lowest BCUT2D eigenvalue weighted by Crippen LogP contribution is -2.30. The normalized spacial score (nSPS) is 10.9. The minimum absolute atomic E-state index is 0.231. The van der Waals surface area contributed by atoms with E-state index in [0.29, 0.717) is 5.56 Å². The van der Waals surface area contributed by atoms with Gasteiger partial charge >= 0.3 is 6.18 Å². The van der Waals surface area contributed by atoms with Crippen LogP contribution < -0.4 is 21.5 Å². The van der Waals surface area contributed by atoms with E-state index in [1.165, 1.54) is 18.2 Å². The highest BCUT2D eigenvalue weighted by molar-refractivity contribution is 5.95. The minimum Gasteiger partial charge on any atom is -0.355 e. The van der Waals surface area contributed by atoms with Gasteiger partial charge in [-0.25, -0.2) is 0 Å². The fourth-order valence-corrected chi connectivity index (χ4v) is 3.27. The number of carbonyl (C=O) groups is 1. The highest BCUT2D eigenvalue weighted by atomic mass is 19.4. The zero-order valence-corrected chi connectivity index (χ0v) is 17.9. The van der Waals surface area contributed by atoms with Crippen LogP contribution in [0.2, 0.25) is 0 Å². The number of hydrazine groups is 1. The second-order valence-electron chi connectivity index (χ2n) is 7.40. The van der Waals surface area contributed by atoms with Gasteiger partial charge in [0.2, 0.25) is 0 Å². The van der Waals surface area contributed by atoms with Gasteiger partial charge in [-0.3, -0.25) is 15.6 Å². The van der Waals surface area contributed by atoms with Gasteiger partial charge in [-0.1, -0.05) is 36.4 Å². The molecule has 34 heavy (non-hydrogen) atoms. The first-order valence-corrected chi connectivity index (χ1v) is 10.4. The Hall–Kier alpha value is -4.46. The summed E-state index contributed by atoms with van der Waals surface area (Å²) >= 11 is 0. The molecule has 8 heteroatoms. The first kappa shape index (κ1) is 22.7. The Morgan fingerprint density at radius 1 is 0.618 bits per heavy atom. The van der Waals surface area contributed by atoms with Crippen molar-refractivity contribution in [1.29, 1.82) is 0 Å². The molecule has 0 unspecified atom stereocenters. The van der Waals surface area contributed by atoms with Crippen molar-refractivity contribution in [2.24, 2.45) is 0 Å². The van der Waals surface area contributed by atoms with E-state index in [-0.39, 0.29) is 5.69 Å². The molecule has 0 aromatic heterocycles. The first-order valence-electron chi connectivity index (χ1n) is 10.4. The largest absolute Gasteiger partial charge is 0.418 e. The lowest BCUT2D eigenvalue weighted by Gasteiger charge is -2.15.